The van der Waals surface area contributed by atoms with Crippen molar-refractivity contribution in [3.8, 4) is 0 Å². The Kier molecular flexibility index (Phi) is 6.61. The first-order valence-corrected chi connectivity index (χ1v) is 8.05. The maximum atomic E-state index is 13.0. The number of hydrogen-bond donors (Lipinski definition) is 2. The molecular formula is C17H27FN2O. The zero-order valence-electron chi connectivity index (χ0n) is 12.9. The predicted octanol–water partition coefficient (Wildman–Crippen LogP) is 2.57. The van der Waals surface area contributed by atoms with E-state index < -0.39 is 0 Å². The molecule has 0 bridgehead atoms. The number of likely N-dealkylation sites (tertiary alicyclic amines) is 1. The second-order valence-electron chi connectivity index (χ2n) is 5.94. The second-order valence-corrected chi connectivity index (χ2v) is 5.94. The molecule has 1 aromatic rings. The van der Waals surface area contributed by atoms with Crippen molar-refractivity contribution in [2.45, 2.75) is 32.2 Å². The standard InChI is InChI=1S/C17H27FN2O/c1-2-19-17(15-5-7-16(18)8-6-15)9-11-20-10-3-4-14(12-20)13-21/h5-8,14,17,19,21H,2-4,9-13H2,1H3. The van der Waals surface area contributed by atoms with Gasteiger partial charge in [-0.15, -0.1) is 0 Å². The number of aliphatic hydroxyl groups excluding tert-OH is 1. The molecule has 0 spiro atoms. The van der Waals surface area contributed by atoms with Crippen LogP contribution in [0.15, 0.2) is 24.3 Å². The molecule has 2 atom stereocenters. The SMILES string of the molecule is CCNC(CCN1CCCC(CO)C1)c1ccc(F)cc1. The van der Waals surface area contributed by atoms with Gasteiger partial charge in [-0.25, -0.2) is 4.39 Å². The largest absolute Gasteiger partial charge is 0.396 e. The van der Waals surface area contributed by atoms with Crippen molar-refractivity contribution in [1.29, 1.82) is 0 Å². The van der Waals surface area contributed by atoms with Crippen LogP contribution >= 0.6 is 0 Å². The molecule has 0 radical (unpaired) electrons. The van der Waals surface area contributed by atoms with Crippen LogP contribution < -0.4 is 5.32 Å². The summed E-state index contributed by atoms with van der Waals surface area (Å²) in [7, 11) is 0. The summed E-state index contributed by atoms with van der Waals surface area (Å²) in [6, 6.07) is 7.07. The van der Waals surface area contributed by atoms with Crippen molar-refractivity contribution in [3.63, 3.8) is 0 Å². The summed E-state index contributed by atoms with van der Waals surface area (Å²) >= 11 is 0. The summed E-state index contributed by atoms with van der Waals surface area (Å²) in [6.45, 7) is 6.44. The lowest BCUT2D eigenvalue weighted by Crippen LogP contribution is -2.38. The number of halogens is 1. The number of piperidine rings is 1. The Bertz CT molecular complexity index is 410. The van der Waals surface area contributed by atoms with Gasteiger partial charge in [-0.2, -0.15) is 0 Å². The Morgan fingerprint density at radius 1 is 1.38 bits per heavy atom. The number of rotatable bonds is 7. The van der Waals surface area contributed by atoms with Crippen molar-refractivity contribution in [2.24, 2.45) is 5.92 Å². The third-order valence-corrected chi connectivity index (χ3v) is 4.32. The monoisotopic (exact) mass is 294 g/mol. The van der Waals surface area contributed by atoms with Gasteiger partial charge in [0, 0.05) is 19.2 Å². The molecule has 3 nitrogen and oxygen atoms in total. The van der Waals surface area contributed by atoms with E-state index in [-0.39, 0.29) is 11.9 Å². The van der Waals surface area contributed by atoms with Gasteiger partial charge in [0.2, 0.25) is 0 Å². The van der Waals surface area contributed by atoms with E-state index >= 15 is 0 Å². The van der Waals surface area contributed by atoms with Gasteiger partial charge in [0.1, 0.15) is 5.82 Å². The molecule has 4 heteroatoms. The molecule has 1 saturated heterocycles. The van der Waals surface area contributed by atoms with Crippen LogP contribution in [0.4, 0.5) is 4.39 Å². The van der Waals surface area contributed by atoms with Gasteiger partial charge in [-0.1, -0.05) is 19.1 Å². The summed E-state index contributed by atoms with van der Waals surface area (Å²) in [4.78, 5) is 2.44. The quantitative estimate of drug-likeness (QED) is 0.811. The lowest BCUT2D eigenvalue weighted by Gasteiger charge is -2.33. The van der Waals surface area contributed by atoms with Gasteiger partial charge in [0.05, 0.1) is 0 Å². The van der Waals surface area contributed by atoms with E-state index in [1.807, 2.05) is 12.1 Å². The van der Waals surface area contributed by atoms with Gasteiger partial charge in [0.25, 0.3) is 0 Å². The Balaban J connectivity index is 1.89. The lowest BCUT2D eigenvalue weighted by atomic mass is 9.97. The van der Waals surface area contributed by atoms with Crippen LogP contribution in [0.1, 0.15) is 37.8 Å². The number of hydrogen-bond acceptors (Lipinski definition) is 3. The van der Waals surface area contributed by atoms with Gasteiger partial charge in [0.15, 0.2) is 0 Å². The van der Waals surface area contributed by atoms with Crippen LogP contribution in [0.25, 0.3) is 0 Å². The second kappa shape index (κ2) is 8.47. The van der Waals surface area contributed by atoms with Gasteiger partial charge < -0.3 is 15.3 Å². The first kappa shape index (κ1) is 16.4. The highest BCUT2D eigenvalue weighted by Gasteiger charge is 2.20. The van der Waals surface area contributed by atoms with Crippen LogP contribution in [0.3, 0.4) is 0 Å². The molecule has 2 unspecified atom stereocenters. The molecule has 1 aliphatic rings. The van der Waals surface area contributed by atoms with Crippen LogP contribution in [0.2, 0.25) is 0 Å². The first-order valence-electron chi connectivity index (χ1n) is 8.05. The first-order chi connectivity index (χ1) is 10.2. The summed E-state index contributed by atoms with van der Waals surface area (Å²) in [5.74, 6) is 0.248. The molecule has 0 amide bonds. The predicted molar refractivity (Wildman–Crippen MR) is 83.7 cm³/mol. The van der Waals surface area contributed by atoms with Crippen LogP contribution in [0.5, 0.6) is 0 Å². The van der Waals surface area contributed by atoms with E-state index in [1.165, 1.54) is 18.6 Å². The van der Waals surface area contributed by atoms with E-state index in [2.05, 4.69) is 17.1 Å². The molecule has 0 aromatic heterocycles. The molecule has 1 heterocycles. The van der Waals surface area contributed by atoms with Crippen LogP contribution in [-0.2, 0) is 0 Å². The normalized spacial score (nSPS) is 21.4. The average molecular weight is 294 g/mol. The van der Waals surface area contributed by atoms with Crippen molar-refractivity contribution in [2.75, 3.05) is 32.8 Å². The topological polar surface area (TPSA) is 35.5 Å². The highest BCUT2D eigenvalue weighted by atomic mass is 19.1. The van der Waals surface area contributed by atoms with Gasteiger partial charge >= 0.3 is 0 Å². The van der Waals surface area contributed by atoms with E-state index in [1.54, 1.807) is 0 Å². The summed E-state index contributed by atoms with van der Waals surface area (Å²) < 4.78 is 13.0. The fourth-order valence-corrected chi connectivity index (χ4v) is 3.14. The van der Waals surface area contributed by atoms with Crippen molar-refractivity contribution in [3.05, 3.63) is 35.6 Å². The molecule has 2 rings (SSSR count). The fraction of sp³-hybridized carbons (Fsp3) is 0.647. The van der Waals surface area contributed by atoms with Crippen LogP contribution in [-0.4, -0.2) is 42.8 Å². The number of nitrogens with zero attached hydrogens (tertiary/aromatic N) is 1. The summed E-state index contributed by atoms with van der Waals surface area (Å²) in [5.41, 5.74) is 1.15. The molecule has 0 saturated carbocycles. The Labute approximate surface area is 127 Å². The minimum Gasteiger partial charge on any atom is -0.396 e. The Morgan fingerprint density at radius 2 is 2.14 bits per heavy atom. The Morgan fingerprint density at radius 3 is 2.81 bits per heavy atom. The van der Waals surface area contributed by atoms with E-state index in [9.17, 15) is 9.50 Å². The molecule has 1 aromatic carbocycles. The minimum atomic E-state index is -0.184. The zero-order valence-corrected chi connectivity index (χ0v) is 12.9. The van der Waals surface area contributed by atoms with Gasteiger partial charge in [-0.05, 0) is 62.5 Å². The van der Waals surface area contributed by atoms with E-state index in [4.69, 9.17) is 0 Å². The highest BCUT2D eigenvalue weighted by molar-refractivity contribution is 5.19. The summed E-state index contributed by atoms with van der Waals surface area (Å²) in [6.07, 6.45) is 3.33. The number of nitrogens with one attached hydrogen (secondary N) is 1. The molecule has 0 aliphatic carbocycles. The maximum Gasteiger partial charge on any atom is 0.123 e. The summed E-state index contributed by atoms with van der Waals surface area (Å²) in [5, 5.41) is 12.8. The smallest absolute Gasteiger partial charge is 0.123 e. The third-order valence-electron chi connectivity index (χ3n) is 4.32. The van der Waals surface area contributed by atoms with E-state index in [0.717, 1.165) is 44.6 Å². The fourth-order valence-electron chi connectivity index (χ4n) is 3.14. The average Bonchev–Trinajstić information content (AvgIpc) is 2.52. The lowest BCUT2D eigenvalue weighted by molar-refractivity contribution is 0.117. The highest BCUT2D eigenvalue weighted by Crippen LogP contribution is 2.21. The van der Waals surface area contributed by atoms with Crippen molar-refractivity contribution < 1.29 is 9.50 Å². The molecule has 118 valence electrons. The number of aliphatic hydroxyl groups is 1. The third kappa shape index (κ3) is 5.06. The molecule has 1 fully saturated rings. The Hall–Kier alpha value is -0.970. The molecule has 2 N–H and O–H groups in total. The van der Waals surface area contributed by atoms with Crippen LogP contribution in [0, 0.1) is 11.7 Å². The minimum absolute atomic E-state index is 0.184. The molecule has 1 aliphatic heterocycles. The number of benzene rings is 1. The molecular weight excluding hydrogens is 267 g/mol. The van der Waals surface area contributed by atoms with Gasteiger partial charge in [-0.3, -0.25) is 0 Å². The maximum absolute atomic E-state index is 13.0. The van der Waals surface area contributed by atoms with Crippen molar-refractivity contribution in [1.82, 2.24) is 10.2 Å². The molecule has 21 heavy (non-hydrogen) atoms. The van der Waals surface area contributed by atoms with Crippen molar-refractivity contribution >= 4 is 0 Å². The zero-order chi connectivity index (χ0) is 15.1. The van der Waals surface area contributed by atoms with E-state index in [0.29, 0.717) is 12.5 Å².